The summed E-state index contributed by atoms with van der Waals surface area (Å²) in [7, 11) is 0. The summed E-state index contributed by atoms with van der Waals surface area (Å²) in [5.74, 6) is 1.89. The largest absolute Gasteiger partial charge is 0.494 e. The zero-order chi connectivity index (χ0) is 16.8. The molecular weight excluding hydrogens is 292 g/mol. The van der Waals surface area contributed by atoms with Crippen molar-refractivity contribution in [3.05, 3.63) is 48.0 Å². The van der Waals surface area contributed by atoms with Crippen molar-refractivity contribution < 1.29 is 4.74 Å². The molecule has 0 heterocycles. The SMILES string of the molecule is CCCCC1CC=C(c2ccc3cc(OCCC)ccc3c2)CC1. The maximum Gasteiger partial charge on any atom is 0.119 e. The Bertz CT molecular complexity index is 698. The molecular formula is C23H30O. The van der Waals surface area contributed by atoms with E-state index in [9.17, 15) is 0 Å². The molecule has 2 aromatic rings. The molecule has 0 saturated carbocycles. The number of unbranched alkanes of at least 4 members (excludes halogenated alkanes) is 1. The summed E-state index contributed by atoms with van der Waals surface area (Å²) >= 11 is 0. The van der Waals surface area contributed by atoms with Crippen LogP contribution in [0.3, 0.4) is 0 Å². The smallest absolute Gasteiger partial charge is 0.119 e. The monoisotopic (exact) mass is 322 g/mol. The van der Waals surface area contributed by atoms with Gasteiger partial charge in [0.1, 0.15) is 5.75 Å². The van der Waals surface area contributed by atoms with Crippen LogP contribution in [0.25, 0.3) is 16.3 Å². The Morgan fingerprint density at radius 2 is 1.83 bits per heavy atom. The Labute approximate surface area is 146 Å². The zero-order valence-electron chi connectivity index (χ0n) is 15.2. The van der Waals surface area contributed by atoms with Crippen molar-refractivity contribution in [3.63, 3.8) is 0 Å². The molecule has 0 bridgehead atoms. The van der Waals surface area contributed by atoms with Crippen LogP contribution in [0.5, 0.6) is 5.75 Å². The molecule has 2 aromatic carbocycles. The molecule has 0 N–H and O–H groups in total. The lowest BCUT2D eigenvalue weighted by Crippen LogP contribution is -2.05. The van der Waals surface area contributed by atoms with Crippen LogP contribution in [0, 0.1) is 5.92 Å². The standard InChI is InChI=1S/C23H30O/c1-3-5-6-18-7-9-19(10-8-18)20-11-12-22-17-23(24-15-4-2)14-13-21(22)16-20/h9,11-14,16-18H,3-8,10,15H2,1-2H3. The second kappa shape index (κ2) is 8.37. The molecule has 0 saturated heterocycles. The van der Waals surface area contributed by atoms with Gasteiger partial charge in [0.25, 0.3) is 0 Å². The van der Waals surface area contributed by atoms with Gasteiger partial charge in [-0.25, -0.2) is 0 Å². The molecule has 0 radical (unpaired) electrons. The predicted molar refractivity (Wildman–Crippen MR) is 105 cm³/mol. The Kier molecular flexibility index (Phi) is 5.96. The minimum absolute atomic E-state index is 0.787. The number of fused-ring (bicyclic) bond motifs is 1. The van der Waals surface area contributed by atoms with Crippen molar-refractivity contribution in [2.24, 2.45) is 5.92 Å². The summed E-state index contributed by atoms with van der Waals surface area (Å²) in [4.78, 5) is 0. The van der Waals surface area contributed by atoms with Gasteiger partial charge in [-0.3, -0.25) is 0 Å². The zero-order valence-corrected chi connectivity index (χ0v) is 15.2. The van der Waals surface area contributed by atoms with Crippen LogP contribution in [0.1, 0.15) is 64.4 Å². The number of benzene rings is 2. The molecule has 128 valence electrons. The maximum absolute atomic E-state index is 5.74. The number of ether oxygens (including phenoxy) is 1. The first kappa shape index (κ1) is 17.1. The first-order chi connectivity index (χ1) is 11.8. The van der Waals surface area contributed by atoms with E-state index >= 15 is 0 Å². The Morgan fingerprint density at radius 1 is 1.00 bits per heavy atom. The van der Waals surface area contributed by atoms with Crippen LogP contribution >= 0.6 is 0 Å². The fourth-order valence-corrected chi connectivity index (χ4v) is 3.64. The molecule has 0 aliphatic heterocycles. The van der Waals surface area contributed by atoms with Gasteiger partial charge < -0.3 is 4.74 Å². The third kappa shape index (κ3) is 4.20. The minimum Gasteiger partial charge on any atom is -0.494 e. The highest BCUT2D eigenvalue weighted by molar-refractivity contribution is 5.87. The van der Waals surface area contributed by atoms with E-state index in [1.54, 1.807) is 0 Å². The Hall–Kier alpha value is -1.76. The molecule has 0 aromatic heterocycles. The van der Waals surface area contributed by atoms with Gasteiger partial charge in [-0.2, -0.15) is 0 Å². The third-order valence-corrected chi connectivity index (χ3v) is 5.14. The van der Waals surface area contributed by atoms with Crippen molar-refractivity contribution >= 4 is 16.3 Å². The summed E-state index contributed by atoms with van der Waals surface area (Å²) in [6.07, 6.45) is 11.5. The maximum atomic E-state index is 5.74. The molecule has 1 aliphatic rings. The van der Waals surface area contributed by atoms with E-state index in [1.165, 1.54) is 60.4 Å². The Morgan fingerprint density at radius 3 is 2.58 bits per heavy atom. The second-order valence-electron chi connectivity index (χ2n) is 7.08. The summed E-state index contributed by atoms with van der Waals surface area (Å²) in [5, 5.41) is 2.58. The highest BCUT2D eigenvalue weighted by atomic mass is 16.5. The van der Waals surface area contributed by atoms with Gasteiger partial charge in [-0.1, -0.05) is 57.4 Å². The number of hydrogen-bond acceptors (Lipinski definition) is 1. The fourth-order valence-electron chi connectivity index (χ4n) is 3.64. The minimum atomic E-state index is 0.787. The van der Waals surface area contributed by atoms with Gasteiger partial charge in [0.2, 0.25) is 0 Å². The van der Waals surface area contributed by atoms with Gasteiger partial charge in [0.15, 0.2) is 0 Å². The molecule has 1 nitrogen and oxygen atoms in total. The average molecular weight is 322 g/mol. The van der Waals surface area contributed by atoms with Gasteiger partial charge in [0, 0.05) is 0 Å². The summed E-state index contributed by atoms with van der Waals surface area (Å²) in [6.45, 7) is 5.21. The molecule has 1 heteroatoms. The number of hydrogen-bond donors (Lipinski definition) is 0. The third-order valence-electron chi connectivity index (χ3n) is 5.14. The molecule has 1 aliphatic carbocycles. The van der Waals surface area contributed by atoms with Gasteiger partial charge in [-0.05, 0) is 71.7 Å². The van der Waals surface area contributed by atoms with E-state index in [2.05, 4.69) is 56.3 Å². The number of allylic oxidation sites excluding steroid dienone is 2. The van der Waals surface area contributed by atoms with Crippen molar-refractivity contribution in [2.75, 3.05) is 6.61 Å². The van der Waals surface area contributed by atoms with Gasteiger partial charge >= 0.3 is 0 Å². The van der Waals surface area contributed by atoms with E-state index < -0.39 is 0 Å². The molecule has 0 spiro atoms. The molecule has 3 rings (SSSR count). The van der Waals surface area contributed by atoms with Crippen molar-refractivity contribution in [1.82, 2.24) is 0 Å². The molecule has 1 unspecified atom stereocenters. The first-order valence-corrected chi connectivity index (χ1v) is 9.66. The van der Waals surface area contributed by atoms with Crippen LogP contribution < -0.4 is 4.74 Å². The summed E-state index contributed by atoms with van der Waals surface area (Å²) in [6, 6.07) is 13.3. The average Bonchev–Trinajstić information content (AvgIpc) is 2.64. The number of rotatable bonds is 7. The van der Waals surface area contributed by atoms with E-state index in [4.69, 9.17) is 4.74 Å². The highest BCUT2D eigenvalue weighted by Gasteiger charge is 2.15. The molecule has 0 fully saturated rings. The molecule has 0 amide bonds. The first-order valence-electron chi connectivity index (χ1n) is 9.66. The predicted octanol–water partition coefficient (Wildman–Crippen LogP) is 7.00. The summed E-state index contributed by atoms with van der Waals surface area (Å²) in [5.41, 5.74) is 2.94. The van der Waals surface area contributed by atoms with Crippen LogP contribution in [0.2, 0.25) is 0 Å². The van der Waals surface area contributed by atoms with Crippen LogP contribution in [0.4, 0.5) is 0 Å². The van der Waals surface area contributed by atoms with E-state index in [-0.39, 0.29) is 0 Å². The molecule has 24 heavy (non-hydrogen) atoms. The second-order valence-corrected chi connectivity index (χ2v) is 7.08. The highest BCUT2D eigenvalue weighted by Crippen LogP contribution is 2.34. The lowest BCUT2D eigenvalue weighted by molar-refractivity contribution is 0.318. The quantitative estimate of drug-likeness (QED) is 0.533. The van der Waals surface area contributed by atoms with Crippen molar-refractivity contribution in [3.8, 4) is 5.75 Å². The Balaban J connectivity index is 1.73. The van der Waals surface area contributed by atoms with Crippen molar-refractivity contribution in [2.45, 2.75) is 58.8 Å². The van der Waals surface area contributed by atoms with E-state index in [0.29, 0.717) is 0 Å². The summed E-state index contributed by atoms with van der Waals surface area (Å²) < 4.78 is 5.74. The van der Waals surface area contributed by atoms with Crippen LogP contribution in [-0.4, -0.2) is 6.61 Å². The molecule has 1 atom stereocenters. The van der Waals surface area contributed by atoms with Crippen molar-refractivity contribution in [1.29, 1.82) is 0 Å². The lowest BCUT2D eigenvalue weighted by atomic mass is 9.84. The van der Waals surface area contributed by atoms with E-state index in [0.717, 1.165) is 24.7 Å². The van der Waals surface area contributed by atoms with Gasteiger partial charge in [-0.15, -0.1) is 0 Å². The van der Waals surface area contributed by atoms with Gasteiger partial charge in [0.05, 0.1) is 6.61 Å². The topological polar surface area (TPSA) is 9.23 Å². The normalized spacial score (nSPS) is 17.8. The van der Waals surface area contributed by atoms with Crippen LogP contribution in [0.15, 0.2) is 42.5 Å². The van der Waals surface area contributed by atoms with Crippen LogP contribution in [-0.2, 0) is 0 Å². The fraction of sp³-hybridized carbons (Fsp3) is 0.478. The lowest BCUT2D eigenvalue weighted by Gasteiger charge is -2.22. The van der Waals surface area contributed by atoms with E-state index in [1.807, 2.05) is 0 Å².